The van der Waals surface area contributed by atoms with Gasteiger partial charge in [-0.1, -0.05) is 31.2 Å². The van der Waals surface area contributed by atoms with Crippen LogP contribution in [0.15, 0.2) is 53.4 Å². The first-order valence-electron chi connectivity index (χ1n) is 9.27. The molecule has 1 unspecified atom stereocenters. The quantitative estimate of drug-likeness (QED) is 0.725. The number of fused-ring (bicyclic) bond motifs is 1. The lowest BCUT2D eigenvalue weighted by atomic mass is 10.2. The zero-order valence-corrected chi connectivity index (χ0v) is 16.6. The summed E-state index contributed by atoms with van der Waals surface area (Å²) in [7, 11) is 0. The van der Waals surface area contributed by atoms with Crippen molar-refractivity contribution in [3.05, 3.63) is 54.1 Å². The molecule has 3 rings (SSSR count). The average Bonchev–Trinajstić information content (AvgIpc) is 2.88. The summed E-state index contributed by atoms with van der Waals surface area (Å²) in [6, 6.07) is 14.7. The van der Waals surface area contributed by atoms with E-state index < -0.39 is 5.97 Å². The summed E-state index contributed by atoms with van der Waals surface area (Å²) in [4.78, 5) is 28.0. The lowest BCUT2D eigenvalue weighted by Gasteiger charge is -2.22. The van der Waals surface area contributed by atoms with Crippen molar-refractivity contribution in [3.63, 3.8) is 0 Å². The van der Waals surface area contributed by atoms with Gasteiger partial charge in [-0.15, -0.1) is 11.8 Å². The number of aliphatic hydroxyl groups excluding tert-OH is 1. The lowest BCUT2D eigenvalue weighted by Crippen LogP contribution is -2.35. The fraction of sp³-hybridized carbons (Fsp3) is 0.333. The first-order valence-corrected chi connectivity index (χ1v) is 10.1. The van der Waals surface area contributed by atoms with Gasteiger partial charge in [-0.05, 0) is 30.7 Å². The number of ether oxygens (including phenoxy) is 1. The highest BCUT2D eigenvalue weighted by Gasteiger charge is 2.25. The molecule has 0 aromatic heterocycles. The van der Waals surface area contributed by atoms with Crippen molar-refractivity contribution in [2.45, 2.75) is 23.5 Å². The van der Waals surface area contributed by atoms with E-state index in [0.29, 0.717) is 29.6 Å². The van der Waals surface area contributed by atoms with Crippen molar-refractivity contribution in [1.29, 1.82) is 0 Å². The molecule has 0 radical (unpaired) electrons. The van der Waals surface area contributed by atoms with E-state index in [2.05, 4.69) is 12.2 Å². The van der Waals surface area contributed by atoms with Crippen LogP contribution in [0.4, 0.5) is 11.4 Å². The Morgan fingerprint density at radius 2 is 1.96 bits per heavy atom. The van der Waals surface area contributed by atoms with E-state index in [1.807, 2.05) is 24.3 Å². The molecule has 1 heterocycles. The molecule has 1 amide bonds. The molecule has 2 N–H and O–H groups in total. The molecule has 28 heavy (non-hydrogen) atoms. The minimum atomic E-state index is -0.569. The zero-order valence-electron chi connectivity index (χ0n) is 15.8. The molecule has 0 saturated heterocycles. The van der Waals surface area contributed by atoms with Crippen LogP contribution in [0.5, 0.6) is 0 Å². The number of aliphatic hydroxyl groups is 1. The fourth-order valence-corrected chi connectivity index (χ4v) is 4.15. The Morgan fingerprint density at radius 3 is 2.79 bits per heavy atom. The number of thioether (sulfide) groups is 1. The van der Waals surface area contributed by atoms with Crippen molar-refractivity contribution in [2.24, 2.45) is 0 Å². The summed E-state index contributed by atoms with van der Waals surface area (Å²) in [5.41, 5.74) is 1.77. The number of benzene rings is 2. The van der Waals surface area contributed by atoms with Gasteiger partial charge in [0.2, 0.25) is 0 Å². The van der Waals surface area contributed by atoms with Gasteiger partial charge in [-0.3, -0.25) is 4.79 Å². The van der Waals surface area contributed by atoms with Gasteiger partial charge in [0, 0.05) is 28.9 Å². The Balaban J connectivity index is 1.68. The largest absolute Gasteiger partial charge is 0.452 e. The van der Waals surface area contributed by atoms with E-state index in [1.54, 1.807) is 40.9 Å². The molecule has 7 heteroatoms. The molecule has 0 spiro atoms. The van der Waals surface area contributed by atoms with E-state index in [-0.39, 0.29) is 19.1 Å². The molecule has 0 aliphatic carbocycles. The monoisotopic (exact) mass is 400 g/mol. The van der Waals surface area contributed by atoms with Gasteiger partial charge in [0.05, 0.1) is 17.9 Å². The van der Waals surface area contributed by atoms with Gasteiger partial charge in [-0.25, -0.2) is 4.79 Å². The standard InChI is InChI=1S/C21H24N2O4S/c1-15-10-12-23(18-8-4-5-9-19(18)28-15)20(25)14-27-21(26)16-6-2-3-7-17(16)22-11-13-24/h2-9,15,22,24H,10-14H2,1H3. The van der Waals surface area contributed by atoms with Crippen LogP contribution in [0, 0.1) is 0 Å². The molecule has 2 aromatic rings. The maximum Gasteiger partial charge on any atom is 0.340 e. The summed E-state index contributed by atoms with van der Waals surface area (Å²) >= 11 is 1.75. The fourth-order valence-electron chi connectivity index (χ4n) is 3.03. The number of hydrogen-bond acceptors (Lipinski definition) is 6. The molecule has 2 aromatic carbocycles. The van der Waals surface area contributed by atoms with Gasteiger partial charge in [0.1, 0.15) is 0 Å². The number of rotatable bonds is 6. The van der Waals surface area contributed by atoms with Crippen LogP contribution in [0.25, 0.3) is 0 Å². The van der Waals surface area contributed by atoms with Crippen molar-refractivity contribution in [1.82, 2.24) is 0 Å². The van der Waals surface area contributed by atoms with Gasteiger partial charge >= 0.3 is 5.97 Å². The van der Waals surface area contributed by atoms with Crippen LogP contribution in [0.2, 0.25) is 0 Å². The highest BCUT2D eigenvalue weighted by molar-refractivity contribution is 8.00. The highest BCUT2D eigenvalue weighted by Crippen LogP contribution is 2.37. The second-order valence-corrected chi connectivity index (χ2v) is 7.98. The smallest absolute Gasteiger partial charge is 0.340 e. The second kappa shape index (κ2) is 9.61. The average molecular weight is 401 g/mol. The zero-order chi connectivity index (χ0) is 19.9. The summed E-state index contributed by atoms with van der Waals surface area (Å²) in [5.74, 6) is -0.809. The SMILES string of the molecule is CC1CCN(C(=O)COC(=O)c2ccccc2NCCO)c2ccccc2S1. The van der Waals surface area contributed by atoms with Crippen LogP contribution in [-0.4, -0.2) is 48.5 Å². The Hall–Kier alpha value is -2.51. The summed E-state index contributed by atoms with van der Waals surface area (Å²) in [6.45, 7) is 2.69. The predicted molar refractivity (Wildman–Crippen MR) is 111 cm³/mol. The molecule has 1 atom stereocenters. The lowest BCUT2D eigenvalue weighted by molar-refractivity contribution is -0.121. The first-order chi connectivity index (χ1) is 13.6. The summed E-state index contributed by atoms with van der Waals surface area (Å²) in [5, 5.41) is 12.3. The van der Waals surface area contributed by atoms with E-state index in [9.17, 15) is 9.59 Å². The van der Waals surface area contributed by atoms with Crippen molar-refractivity contribution < 1.29 is 19.4 Å². The Kier molecular flexibility index (Phi) is 6.95. The Labute approximate surface area is 168 Å². The van der Waals surface area contributed by atoms with Gasteiger partial charge < -0.3 is 20.1 Å². The third kappa shape index (κ3) is 4.85. The molecular formula is C21H24N2O4S. The highest BCUT2D eigenvalue weighted by atomic mass is 32.2. The molecule has 148 valence electrons. The Morgan fingerprint density at radius 1 is 1.21 bits per heavy atom. The number of carbonyl (C=O) groups is 2. The van der Waals surface area contributed by atoms with Crippen LogP contribution in [-0.2, 0) is 9.53 Å². The predicted octanol–water partition coefficient (Wildman–Crippen LogP) is 3.17. The molecule has 1 aliphatic rings. The molecule has 6 nitrogen and oxygen atoms in total. The van der Waals surface area contributed by atoms with Crippen LogP contribution in [0.3, 0.4) is 0 Å². The number of para-hydroxylation sites is 2. The molecule has 1 aliphatic heterocycles. The van der Waals surface area contributed by atoms with E-state index in [1.165, 1.54) is 0 Å². The van der Waals surface area contributed by atoms with E-state index in [4.69, 9.17) is 9.84 Å². The number of nitrogens with zero attached hydrogens (tertiary/aromatic N) is 1. The summed E-state index contributed by atoms with van der Waals surface area (Å²) in [6.07, 6.45) is 0.868. The number of anilines is 2. The van der Waals surface area contributed by atoms with Crippen LogP contribution in [0.1, 0.15) is 23.7 Å². The second-order valence-electron chi connectivity index (χ2n) is 6.50. The normalized spacial score (nSPS) is 16.1. The third-order valence-electron chi connectivity index (χ3n) is 4.45. The van der Waals surface area contributed by atoms with Crippen molar-refractivity contribution >= 4 is 35.0 Å². The van der Waals surface area contributed by atoms with Crippen molar-refractivity contribution in [2.75, 3.05) is 36.5 Å². The summed E-state index contributed by atoms with van der Waals surface area (Å²) < 4.78 is 5.31. The number of nitrogens with one attached hydrogen (secondary N) is 1. The topological polar surface area (TPSA) is 78.9 Å². The maximum absolute atomic E-state index is 12.8. The van der Waals surface area contributed by atoms with E-state index >= 15 is 0 Å². The molecule has 0 bridgehead atoms. The first kappa shape index (κ1) is 20.2. The Bertz CT molecular complexity index is 843. The third-order valence-corrected chi connectivity index (χ3v) is 5.68. The molecule has 0 fully saturated rings. The maximum atomic E-state index is 12.8. The molecule has 0 saturated carbocycles. The van der Waals surface area contributed by atoms with Gasteiger partial charge in [0.15, 0.2) is 6.61 Å². The van der Waals surface area contributed by atoms with Crippen molar-refractivity contribution in [3.8, 4) is 0 Å². The number of carbonyl (C=O) groups excluding carboxylic acids is 2. The number of hydrogen-bond donors (Lipinski definition) is 2. The minimum Gasteiger partial charge on any atom is -0.452 e. The van der Waals surface area contributed by atoms with Crippen LogP contribution >= 0.6 is 11.8 Å². The molecular weight excluding hydrogens is 376 g/mol. The van der Waals surface area contributed by atoms with E-state index in [0.717, 1.165) is 17.0 Å². The van der Waals surface area contributed by atoms with Gasteiger partial charge in [0.25, 0.3) is 5.91 Å². The van der Waals surface area contributed by atoms with Gasteiger partial charge in [-0.2, -0.15) is 0 Å². The number of amides is 1. The van der Waals surface area contributed by atoms with Crippen LogP contribution < -0.4 is 10.2 Å². The number of esters is 1. The minimum absolute atomic E-state index is 0.0489.